The summed E-state index contributed by atoms with van der Waals surface area (Å²) >= 11 is 0. The van der Waals surface area contributed by atoms with Crippen LogP contribution in [-0.2, 0) is 15.9 Å². The maximum absolute atomic E-state index is 12.5. The van der Waals surface area contributed by atoms with Gasteiger partial charge in [-0.25, -0.2) is 14.8 Å². The van der Waals surface area contributed by atoms with Crippen LogP contribution in [0.25, 0.3) is 0 Å². The van der Waals surface area contributed by atoms with Crippen molar-refractivity contribution in [1.82, 2.24) is 9.97 Å². The Balaban J connectivity index is 1.74. The lowest BCUT2D eigenvalue weighted by molar-refractivity contribution is -0.0618. The van der Waals surface area contributed by atoms with Gasteiger partial charge >= 0.3 is 6.09 Å². The van der Waals surface area contributed by atoms with Crippen molar-refractivity contribution in [2.24, 2.45) is 5.92 Å². The van der Waals surface area contributed by atoms with Gasteiger partial charge in [0.25, 0.3) is 0 Å². The van der Waals surface area contributed by atoms with Gasteiger partial charge < -0.3 is 14.2 Å². The number of ether oxygens (including phenoxy) is 3. The molecule has 1 amide bonds. The molecule has 3 rings (SSSR count). The molecule has 0 saturated carbocycles. The zero-order valence-corrected chi connectivity index (χ0v) is 20.9. The Hall–Kier alpha value is -2.67. The van der Waals surface area contributed by atoms with Crippen LogP contribution in [0.15, 0.2) is 36.5 Å². The highest BCUT2D eigenvalue weighted by atomic mass is 16.6. The summed E-state index contributed by atoms with van der Waals surface area (Å²) in [5.41, 5.74) is 0.840. The van der Waals surface area contributed by atoms with Gasteiger partial charge in [-0.15, -0.1) is 0 Å². The number of aromatic nitrogens is 2. The van der Waals surface area contributed by atoms with Gasteiger partial charge in [0, 0.05) is 12.6 Å². The maximum Gasteiger partial charge on any atom is 0.416 e. The van der Waals surface area contributed by atoms with Crippen molar-refractivity contribution >= 4 is 11.9 Å². The number of hydrogen-bond acceptors (Lipinski definition) is 6. The van der Waals surface area contributed by atoms with Crippen LogP contribution in [0.2, 0.25) is 0 Å². The monoisotopic (exact) mass is 455 g/mol. The molecule has 2 heterocycles. The van der Waals surface area contributed by atoms with Gasteiger partial charge in [0.05, 0.1) is 18.3 Å². The van der Waals surface area contributed by atoms with E-state index in [-0.39, 0.29) is 30.3 Å². The number of rotatable bonds is 9. The molecule has 2 aromatic rings. The van der Waals surface area contributed by atoms with Crippen LogP contribution in [0.1, 0.15) is 65.8 Å². The van der Waals surface area contributed by atoms with E-state index >= 15 is 0 Å². The minimum atomic E-state index is -0.405. The number of hydrogen-bond donors (Lipinski definition) is 0. The first-order chi connectivity index (χ1) is 15.5. The highest BCUT2D eigenvalue weighted by Crippen LogP contribution is 2.28. The van der Waals surface area contributed by atoms with E-state index in [0.717, 1.165) is 11.3 Å². The smallest absolute Gasteiger partial charge is 0.416 e. The van der Waals surface area contributed by atoms with Crippen molar-refractivity contribution in [3.8, 4) is 5.75 Å². The summed E-state index contributed by atoms with van der Waals surface area (Å²) in [6.45, 7) is 15.3. The van der Waals surface area contributed by atoms with E-state index < -0.39 is 6.09 Å². The third-order valence-electron chi connectivity index (χ3n) is 5.42. The van der Waals surface area contributed by atoms with Crippen molar-refractivity contribution in [1.29, 1.82) is 0 Å². The number of amides is 1. The van der Waals surface area contributed by atoms with Gasteiger partial charge in [0.2, 0.25) is 0 Å². The molecule has 1 saturated heterocycles. The Labute approximate surface area is 197 Å². The molecular weight excluding hydrogens is 418 g/mol. The Kier molecular flexibility index (Phi) is 7.95. The van der Waals surface area contributed by atoms with Gasteiger partial charge in [0.1, 0.15) is 30.0 Å². The fourth-order valence-corrected chi connectivity index (χ4v) is 3.87. The van der Waals surface area contributed by atoms with Gasteiger partial charge in [-0.1, -0.05) is 32.9 Å². The molecule has 0 N–H and O–H groups in total. The van der Waals surface area contributed by atoms with E-state index in [1.165, 1.54) is 0 Å². The first kappa shape index (κ1) is 25.0. The second-order valence-electron chi connectivity index (χ2n) is 10.2. The van der Waals surface area contributed by atoms with Crippen LogP contribution in [0.4, 0.5) is 10.6 Å². The van der Waals surface area contributed by atoms with E-state index in [0.29, 0.717) is 30.6 Å². The predicted molar refractivity (Wildman–Crippen MR) is 129 cm³/mol. The first-order valence-electron chi connectivity index (χ1n) is 11.7. The van der Waals surface area contributed by atoms with Crippen LogP contribution in [0, 0.1) is 5.92 Å². The van der Waals surface area contributed by atoms with E-state index in [9.17, 15) is 4.79 Å². The molecule has 0 radical (unpaired) electrons. The third kappa shape index (κ3) is 6.90. The van der Waals surface area contributed by atoms with Crippen molar-refractivity contribution < 1.29 is 19.0 Å². The first-order valence-corrected chi connectivity index (χ1v) is 11.7. The second kappa shape index (κ2) is 10.5. The lowest BCUT2D eigenvalue weighted by Gasteiger charge is -2.31. The summed E-state index contributed by atoms with van der Waals surface area (Å²) in [5.74, 6) is 2.75. The van der Waals surface area contributed by atoms with Crippen LogP contribution in [0.3, 0.4) is 0 Å². The molecule has 0 spiro atoms. The number of carbonyl (C=O) groups excluding carboxylic acids is 1. The van der Waals surface area contributed by atoms with E-state index in [1.807, 2.05) is 39.8 Å². The zero-order valence-electron chi connectivity index (χ0n) is 20.9. The SMILES string of the molecule is CC(C)COc1cccc([C@H](C)Cc2nccc(N3C(=O)OC[C@@H]3[C@@H](C)OC(C)(C)C)n2)c1. The molecule has 0 unspecified atom stereocenters. The Morgan fingerprint density at radius 1 is 1.18 bits per heavy atom. The minimum Gasteiger partial charge on any atom is -0.493 e. The number of cyclic esters (lactones) is 1. The lowest BCUT2D eigenvalue weighted by Crippen LogP contribution is -2.45. The molecular formula is C26H37N3O4. The van der Waals surface area contributed by atoms with Crippen LogP contribution in [0.5, 0.6) is 5.75 Å². The van der Waals surface area contributed by atoms with Crippen LogP contribution >= 0.6 is 0 Å². The molecule has 33 heavy (non-hydrogen) atoms. The molecule has 3 atom stereocenters. The standard InChI is InChI=1S/C26H37N3O4/c1-17(2)15-31-21-10-8-9-20(14-21)18(3)13-23-27-12-11-24(28-23)29-22(16-32-25(29)30)19(4)33-26(5,6)7/h8-12,14,17-19,22H,13,15-16H2,1-7H3/t18-,19-,22-/m1/s1. The number of benzene rings is 1. The van der Waals surface area contributed by atoms with E-state index in [1.54, 1.807) is 17.2 Å². The van der Waals surface area contributed by atoms with Gasteiger partial charge in [-0.3, -0.25) is 4.90 Å². The largest absolute Gasteiger partial charge is 0.493 e. The van der Waals surface area contributed by atoms with Gasteiger partial charge in [-0.05, 0) is 63.3 Å². The minimum absolute atomic E-state index is 0.187. The van der Waals surface area contributed by atoms with Gasteiger partial charge in [-0.2, -0.15) is 0 Å². The lowest BCUT2D eigenvalue weighted by atomic mass is 9.97. The number of carbonyl (C=O) groups is 1. The Bertz CT molecular complexity index is 941. The summed E-state index contributed by atoms with van der Waals surface area (Å²) < 4.78 is 17.3. The highest BCUT2D eigenvalue weighted by Gasteiger charge is 2.40. The average Bonchev–Trinajstić information content (AvgIpc) is 3.13. The molecule has 1 aliphatic rings. The van der Waals surface area contributed by atoms with Crippen LogP contribution in [-0.4, -0.2) is 47.0 Å². The molecule has 7 nitrogen and oxygen atoms in total. The van der Waals surface area contributed by atoms with Crippen molar-refractivity contribution in [2.45, 2.75) is 78.6 Å². The van der Waals surface area contributed by atoms with Gasteiger partial charge in [0.15, 0.2) is 0 Å². The normalized spacial score (nSPS) is 18.4. The number of nitrogens with zero attached hydrogens (tertiary/aromatic N) is 3. The molecule has 1 aliphatic heterocycles. The fourth-order valence-electron chi connectivity index (χ4n) is 3.87. The Morgan fingerprint density at radius 3 is 2.64 bits per heavy atom. The average molecular weight is 456 g/mol. The summed E-state index contributed by atoms with van der Waals surface area (Å²) in [4.78, 5) is 23.3. The second-order valence-corrected chi connectivity index (χ2v) is 10.2. The molecule has 0 bridgehead atoms. The quantitative estimate of drug-likeness (QED) is 0.505. The van der Waals surface area contributed by atoms with Crippen molar-refractivity contribution in [2.75, 3.05) is 18.1 Å². The molecule has 180 valence electrons. The zero-order chi connectivity index (χ0) is 24.2. The molecule has 0 aliphatic carbocycles. The number of anilines is 1. The van der Waals surface area contributed by atoms with Crippen LogP contribution < -0.4 is 9.64 Å². The molecule has 7 heteroatoms. The summed E-state index contributed by atoms with van der Waals surface area (Å²) in [6, 6.07) is 9.67. The molecule has 1 fully saturated rings. The maximum atomic E-state index is 12.5. The molecule has 1 aromatic heterocycles. The van der Waals surface area contributed by atoms with Crippen molar-refractivity contribution in [3.05, 3.63) is 47.9 Å². The van der Waals surface area contributed by atoms with Crippen molar-refractivity contribution in [3.63, 3.8) is 0 Å². The summed E-state index contributed by atoms with van der Waals surface area (Å²) in [6.07, 6.45) is 1.73. The fraction of sp³-hybridized carbons (Fsp3) is 0.577. The predicted octanol–water partition coefficient (Wildman–Crippen LogP) is 5.39. The summed E-state index contributed by atoms with van der Waals surface area (Å²) in [7, 11) is 0. The van der Waals surface area contributed by atoms with E-state index in [4.69, 9.17) is 19.2 Å². The third-order valence-corrected chi connectivity index (χ3v) is 5.42. The highest BCUT2D eigenvalue weighted by molar-refractivity contribution is 5.89. The Morgan fingerprint density at radius 2 is 1.94 bits per heavy atom. The van der Waals surface area contributed by atoms with E-state index in [2.05, 4.69) is 37.9 Å². The molecule has 1 aromatic carbocycles. The summed E-state index contributed by atoms with van der Waals surface area (Å²) in [5, 5.41) is 0. The topological polar surface area (TPSA) is 73.8 Å².